The Bertz CT molecular complexity index is 1330. The van der Waals surface area contributed by atoms with E-state index >= 15 is 0 Å². The predicted molar refractivity (Wildman–Crippen MR) is 239 cm³/mol. The third kappa shape index (κ3) is 14.5. The van der Waals surface area contributed by atoms with E-state index in [-0.39, 0.29) is 30.8 Å². The Labute approximate surface area is 365 Å². The predicted octanol–water partition coefficient (Wildman–Crippen LogP) is 9.34. The second-order valence-electron chi connectivity index (χ2n) is 17.3. The fraction of sp³-hybridized carbons (Fsp3) is 0.886. The van der Waals surface area contributed by atoms with Gasteiger partial charge in [0.05, 0.1) is 43.0 Å². The van der Waals surface area contributed by atoms with Gasteiger partial charge in [0.25, 0.3) is 0 Å². The number of esters is 3. The van der Waals surface area contributed by atoms with Crippen molar-refractivity contribution in [1.82, 2.24) is 0 Å². The van der Waals surface area contributed by atoms with E-state index in [9.17, 15) is 14.4 Å². The van der Waals surface area contributed by atoms with Crippen LogP contribution >= 0.6 is 0 Å². The molecule has 3 aliphatic heterocycles. The molecule has 0 bridgehead atoms. The van der Waals surface area contributed by atoms with Gasteiger partial charge >= 0.3 is 17.9 Å². The van der Waals surface area contributed by atoms with Crippen LogP contribution in [0.15, 0.2) is 12.2 Å². The monoisotopic (exact) mass is 903 g/mol. The molecule has 3 aliphatic rings. The van der Waals surface area contributed by atoms with Gasteiger partial charge in [-0.1, -0.05) is 68.4 Å². The first-order chi connectivity index (χ1) is 28.4. The number of rotatable bonds is 21. The number of hydrogen-bond acceptors (Lipinski definition) is 13. The summed E-state index contributed by atoms with van der Waals surface area (Å²) in [6, 6.07) is 9.15. The van der Waals surface area contributed by atoms with E-state index < -0.39 is 92.1 Å². The highest BCUT2D eigenvalue weighted by atomic mass is 28.4. The normalized spacial score (nSPS) is 32.8. The minimum absolute atomic E-state index is 0.154. The number of carbonyl (C=O) groups excluding carboxylic acids is 3. The van der Waals surface area contributed by atoms with E-state index in [0.29, 0.717) is 19.3 Å². The minimum Gasteiger partial charge on any atom is -0.462 e. The average molecular weight is 903 g/mol. The molecule has 16 heteroatoms. The maximum absolute atomic E-state index is 12.9. The van der Waals surface area contributed by atoms with Crippen LogP contribution in [0.2, 0.25) is 54.4 Å². The molecule has 0 aliphatic carbocycles. The van der Waals surface area contributed by atoms with Gasteiger partial charge < -0.3 is 46.4 Å². The van der Waals surface area contributed by atoms with E-state index in [1.54, 1.807) is 19.1 Å². The van der Waals surface area contributed by atoms with Gasteiger partial charge in [-0.3, -0.25) is 14.4 Å². The maximum Gasteiger partial charge on any atom is 0.309 e. The first kappa shape index (κ1) is 52.9. The number of cyclic esters (lactones) is 1. The van der Waals surface area contributed by atoms with Gasteiger partial charge in [0.2, 0.25) is 0 Å². The Hall–Kier alpha value is -1.48. The van der Waals surface area contributed by atoms with Gasteiger partial charge in [-0.2, -0.15) is 0 Å². The summed E-state index contributed by atoms with van der Waals surface area (Å²) in [6.07, 6.45) is -1.86. The van der Waals surface area contributed by atoms with Crippen molar-refractivity contribution < 1.29 is 60.8 Å². The first-order valence-electron chi connectivity index (χ1n) is 23.3. The van der Waals surface area contributed by atoms with Gasteiger partial charge in [0.1, 0.15) is 12.2 Å². The van der Waals surface area contributed by atoms with Crippen LogP contribution in [0.4, 0.5) is 0 Å². The van der Waals surface area contributed by atoms with Gasteiger partial charge in [-0.25, -0.2) is 0 Å². The van der Waals surface area contributed by atoms with E-state index in [2.05, 4.69) is 69.2 Å². The lowest BCUT2D eigenvalue weighted by atomic mass is 10.00. The molecule has 13 nitrogen and oxygen atoms in total. The molecule has 12 atom stereocenters. The summed E-state index contributed by atoms with van der Waals surface area (Å²) >= 11 is 0. The van der Waals surface area contributed by atoms with Gasteiger partial charge in [-0.05, 0) is 81.2 Å². The highest BCUT2D eigenvalue weighted by molar-refractivity contribution is 6.74. The van der Waals surface area contributed by atoms with Crippen molar-refractivity contribution in [3.63, 3.8) is 0 Å². The molecule has 0 amide bonds. The van der Waals surface area contributed by atoms with Crippen LogP contribution in [0.3, 0.4) is 0 Å². The molecular weight excluding hydrogens is 821 g/mol. The van der Waals surface area contributed by atoms with Crippen molar-refractivity contribution >= 4 is 42.9 Å². The molecule has 0 aromatic carbocycles. The molecule has 0 N–H and O–H groups in total. The van der Waals surface area contributed by atoms with Crippen molar-refractivity contribution in [1.29, 1.82) is 0 Å². The first-order valence-corrected chi connectivity index (χ1v) is 30.9. The molecule has 0 radical (unpaired) electrons. The zero-order chi connectivity index (χ0) is 44.8. The van der Waals surface area contributed by atoms with Gasteiger partial charge in [-0.15, -0.1) is 0 Å². The smallest absolute Gasteiger partial charge is 0.309 e. The maximum atomic E-state index is 12.9. The van der Waals surface area contributed by atoms with Crippen LogP contribution in [0.25, 0.3) is 0 Å². The van der Waals surface area contributed by atoms with Crippen LogP contribution in [-0.2, 0) is 60.8 Å². The average Bonchev–Trinajstić information content (AvgIpc) is 3.21. The molecule has 2 saturated heterocycles. The second-order valence-corrected chi connectivity index (χ2v) is 31.4. The van der Waals surface area contributed by atoms with Crippen molar-refractivity contribution in [2.24, 2.45) is 0 Å². The molecular formula is C44H82O13Si3. The molecule has 0 spiro atoms. The Morgan fingerprint density at radius 3 is 1.48 bits per heavy atom. The van der Waals surface area contributed by atoms with Crippen LogP contribution in [-0.4, -0.2) is 116 Å². The lowest BCUT2D eigenvalue weighted by Gasteiger charge is -2.49. The Kier molecular flexibility index (Phi) is 21.6. The lowest BCUT2D eigenvalue weighted by Crippen LogP contribution is -2.60. The molecule has 3 rings (SSSR count). The summed E-state index contributed by atoms with van der Waals surface area (Å²) in [7, 11) is -6.19. The molecule has 60 heavy (non-hydrogen) atoms. The Morgan fingerprint density at radius 2 is 1.02 bits per heavy atom. The van der Waals surface area contributed by atoms with E-state index in [4.69, 9.17) is 46.4 Å². The summed E-state index contributed by atoms with van der Waals surface area (Å²) in [4.78, 5) is 37.0. The molecule has 0 aromatic rings. The minimum atomic E-state index is -2.17. The standard InChI is InChI=1S/C44H82O13Si3/c1-15-58(16-2,17-3)55-38-28-41(53-35-24-25-36(51-33(13)45)37(52-34(14)46)27-40(47)48-30(10)26-35)49-31(11)43(38)54-42-29-39(56-59(18-4,19-5)20-6)44(32(12)50-42)57-60(21-7,22-8)23-9/h24-25,30-32,35-39,41-44H,15-23,26-29H2,1-14H3/b25-24+/t30-,31+,32+,35-,36+,37+,38+,39+,41+,42+,43-,44-/m1/s1. The molecule has 0 saturated carbocycles. The van der Waals surface area contributed by atoms with Crippen molar-refractivity contribution in [3.8, 4) is 0 Å². The van der Waals surface area contributed by atoms with Gasteiger partial charge in [0, 0.05) is 33.1 Å². The molecule has 348 valence electrons. The third-order valence-corrected chi connectivity index (χ3v) is 27.6. The molecule has 0 unspecified atom stereocenters. The highest BCUT2D eigenvalue weighted by Crippen LogP contribution is 2.39. The van der Waals surface area contributed by atoms with Crippen LogP contribution in [0.1, 0.15) is 123 Å². The second kappa shape index (κ2) is 24.5. The highest BCUT2D eigenvalue weighted by Gasteiger charge is 2.49. The van der Waals surface area contributed by atoms with Gasteiger partial charge in [0.15, 0.2) is 49.7 Å². The summed E-state index contributed by atoms with van der Waals surface area (Å²) in [5.74, 6) is -1.76. The molecule has 2 fully saturated rings. The van der Waals surface area contributed by atoms with Crippen LogP contribution in [0.5, 0.6) is 0 Å². The van der Waals surface area contributed by atoms with Crippen molar-refractivity contribution in [2.45, 2.75) is 251 Å². The fourth-order valence-corrected chi connectivity index (χ4v) is 17.8. The molecule has 3 heterocycles. The summed E-state index contributed by atoms with van der Waals surface area (Å²) in [5.41, 5.74) is 0. The number of carbonyl (C=O) groups is 3. The van der Waals surface area contributed by atoms with Crippen LogP contribution < -0.4 is 0 Å². The van der Waals surface area contributed by atoms with Crippen molar-refractivity contribution in [3.05, 3.63) is 12.2 Å². The van der Waals surface area contributed by atoms with Crippen LogP contribution in [0, 0.1) is 0 Å². The third-order valence-electron chi connectivity index (χ3n) is 13.6. The summed E-state index contributed by atoms with van der Waals surface area (Å²) < 4.78 is 65.6. The largest absolute Gasteiger partial charge is 0.462 e. The summed E-state index contributed by atoms with van der Waals surface area (Å²) in [6.45, 7) is 28.6. The fourth-order valence-electron chi connectivity index (χ4n) is 9.17. The number of hydrogen-bond donors (Lipinski definition) is 0. The Morgan fingerprint density at radius 1 is 0.583 bits per heavy atom. The van der Waals surface area contributed by atoms with E-state index in [1.807, 2.05) is 6.92 Å². The van der Waals surface area contributed by atoms with Crippen molar-refractivity contribution in [2.75, 3.05) is 0 Å². The quantitative estimate of drug-likeness (QED) is 0.0468. The Balaban J connectivity index is 1.96. The van der Waals surface area contributed by atoms with E-state index in [1.165, 1.54) is 13.8 Å². The topological polar surface area (TPSA) is 144 Å². The zero-order valence-electron chi connectivity index (χ0n) is 39.6. The number of ether oxygens (including phenoxy) is 7. The molecule has 0 aromatic heterocycles. The zero-order valence-corrected chi connectivity index (χ0v) is 42.6. The SMILES string of the molecule is CC[Si](CC)(CC)O[C@@H]1[C@H](C)O[C@@H](O[C@@H]2[C@H](C)O[C@@H](O[C@@H]3/C=C/[C@H](OC(C)=O)[C@@H](OC(C)=O)CC(=O)O[C@H](C)C3)C[C@@H]2O[Si](CC)(CC)CC)C[C@@H]1O[Si](CC)(CC)CC. The summed E-state index contributed by atoms with van der Waals surface area (Å²) in [5, 5.41) is 0. The van der Waals surface area contributed by atoms with E-state index in [0.717, 1.165) is 54.4 Å². The lowest BCUT2D eigenvalue weighted by molar-refractivity contribution is -0.311.